The normalized spacial score (nSPS) is 30.0. The van der Waals surface area contributed by atoms with Crippen molar-refractivity contribution in [2.24, 2.45) is 5.92 Å². The van der Waals surface area contributed by atoms with E-state index < -0.39 is 0 Å². The third-order valence-corrected chi connectivity index (χ3v) is 2.05. The van der Waals surface area contributed by atoms with Crippen LogP contribution in [0, 0.1) is 11.8 Å². The van der Waals surface area contributed by atoms with Crippen molar-refractivity contribution in [3.8, 4) is 0 Å². The van der Waals surface area contributed by atoms with Crippen molar-refractivity contribution < 1.29 is 19.5 Å². The van der Waals surface area contributed by atoms with Crippen LogP contribution < -0.4 is 0 Å². The molecule has 1 atom stereocenters. The second-order valence-corrected chi connectivity index (χ2v) is 2.64. The molecule has 1 rings (SSSR count). The van der Waals surface area contributed by atoms with Gasteiger partial charge in [0.15, 0.2) is 0 Å². The van der Waals surface area contributed by atoms with Gasteiger partial charge in [-0.1, -0.05) is 19.8 Å². The van der Waals surface area contributed by atoms with Gasteiger partial charge in [-0.05, 0) is 0 Å². The Labute approximate surface area is 64.8 Å². The van der Waals surface area contributed by atoms with Crippen LogP contribution in [-0.2, 0) is 19.5 Å². The van der Waals surface area contributed by atoms with E-state index in [1.54, 1.807) is 5.92 Å². The van der Waals surface area contributed by atoms with Gasteiger partial charge in [-0.25, -0.2) is 0 Å². The fourth-order valence-electron chi connectivity index (χ4n) is 1.18. The van der Waals surface area contributed by atoms with E-state index in [9.17, 15) is 0 Å². The van der Waals surface area contributed by atoms with E-state index >= 15 is 0 Å². The predicted octanol–water partition coefficient (Wildman–Crippen LogP) is 2.40. The minimum Gasteiger partial charge on any atom is -0.314 e. The smallest absolute Gasteiger partial charge is 0 e. The fraction of sp³-hybridized carbons (Fsp3) is 0.857. The van der Waals surface area contributed by atoms with Crippen LogP contribution in [0.5, 0.6) is 0 Å². The predicted molar refractivity (Wildman–Crippen MR) is 31.9 cm³/mol. The summed E-state index contributed by atoms with van der Waals surface area (Å²) in [5, 5.41) is 0. The Morgan fingerprint density at radius 3 is 2.25 bits per heavy atom. The van der Waals surface area contributed by atoms with Crippen LogP contribution in [-0.4, -0.2) is 0 Å². The Morgan fingerprint density at radius 2 is 2.12 bits per heavy atom. The zero-order valence-electron chi connectivity index (χ0n) is 5.91. The van der Waals surface area contributed by atoms with Crippen LogP contribution in [0.1, 0.15) is 33.1 Å². The molecule has 0 aromatic rings. The van der Waals surface area contributed by atoms with E-state index in [0.29, 0.717) is 0 Å². The maximum Gasteiger partial charge on any atom is 0 e. The first-order chi connectivity index (χ1) is 3.30. The number of rotatable bonds is 0. The zero-order chi connectivity index (χ0) is 5.28. The van der Waals surface area contributed by atoms with Gasteiger partial charge >= 0.3 is 0 Å². The summed E-state index contributed by atoms with van der Waals surface area (Å²) in [7, 11) is 0. The largest absolute Gasteiger partial charge is 0.314 e. The molecular weight excluding hydrogens is 149 g/mol. The van der Waals surface area contributed by atoms with Gasteiger partial charge in [0.2, 0.25) is 0 Å². The minimum absolute atomic E-state index is 0. The van der Waals surface area contributed by atoms with E-state index in [1.165, 1.54) is 19.3 Å². The molecule has 0 aromatic heterocycles. The van der Waals surface area contributed by atoms with Crippen molar-refractivity contribution in [2.75, 3.05) is 0 Å². The molecule has 0 aromatic carbocycles. The molecule has 0 N–H and O–H groups in total. The molecule has 0 heterocycles. The summed E-state index contributed by atoms with van der Waals surface area (Å²) in [6, 6.07) is 0. The fourth-order valence-corrected chi connectivity index (χ4v) is 1.18. The summed E-state index contributed by atoms with van der Waals surface area (Å²) in [5.41, 5.74) is 0. The first kappa shape index (κ1) is 8.62. The van der Waals surface area contributed by atoms with E-state index in [1.807, 2.05) is 0 Å². The van der Waals surface area contributed by atoms with Gasteiger partial charge in [-0.2, -0.15) is 19.3 Å². The first-order valence-corrected chi connectivity index (χ1v) is 3.13. The average Bonchev–Trinajstić information content (AvgIpc) is 1.91. The van der Waals surface area contributed by atoms with Crippen LogP contribution in [0.2, 0.25) is 0 Å². The number of hydrogen-bond donors (Lipinski definition) is 0. The summed E-state index contributed by atoms with van der Waals surface area (Å²) in [5.74, 6) is 2.64. The Bertz CT molecular complexity index is 53.4. The maximum absolute atomic E-state index is 2.32. The molecular formula is C7H13Zn-. The molecule has 1 aliphatic rings. The molecule has 0 radical (unpaired) electrons. The Kier molecular flexibility index (Phi) is 3.89. The molecule has 44 valence electrons. The Balaban J connectivity index is 0.000000490. The summed E-state index contributed by atoms with van der Waals surface area (Å²) in [6.45, 7) is 4.60. The van der Waals surface area contributed by atoms with Gasteiger partial charge in [-0.15, -0.1) is 0 Å². The van der Waals surface area contributed by atoms with Crippen LogP contribution in [0.3, 0.4) is 0 Å². The van der Waals surface area contributed by atoms with E-state index in [4.69, 9.17) is 0 Å². The first-order valence-electron chi connectivity index (χ1n) is 3.13. The molecule has 0 aliphatic heterocycles. The van der Waals surface area contributed by atoms with Gasteiger partial charge in [-0.3, -0.25) is 0 Å². The minimum atomic E-state index is 0. The van der Waals surface area contributed by atoms with Gasteiger partial charge in [0.25, 0.3) is 0 Å². The zero-order valence-corrected chi connectivity index (χ0v) is 8.87. The van der Waals surface area contributed by atoms with Crippen molar-refractivity contribution in [3.05, 3.63) is 5.92 Å². The Morgan fingerprint density at radius 1 is 1.50 bits per heavy atom. The standard InChI is InChI=1S/C7H13.Zn/c1-6-4-3-5-7(6)2;/h6H,3-5H2,1-2H3;/q-1;. The maximum atomic E-state index is 2.32. The summed E-state index contributed by atoms with van der Waals surface area (Å²) >= 11 is 0. The second kappa shape index (κ2) is 3.61. The monoisotopic (exact) mass is 161 g/mol. The molecule has 1 aliphatic carbocycles. The molecule has 0 saturated heterocycles. The molecule has 1 fully saturated rings. The van der Waals surface area contributed by atoms with Crippen molar-refractivity contribution in [1.82, 2.24) is 0 Å². The van der Waals surface area contributed by atoms with Crippen LogP contribution in [0.15, 0.2) is 0 Å². The Hall–Kier alpha value is 0.623. The SMILES string of the molecule is C[C-]1CCCC1C.[Zn]. The second-order valence-electron chi connectivity index (χ2n) is 2.64. The van der Waals surface area contributed by atoms with Crippen molar-refractivity contribution in [1.29, 1.82) is 0 Å². The van der Waals surface area contributed by atoms with Gasteiger partial charge in [0.1, 0.15) is 0 Å². The molecule has 1 unspecified atom stereocenters. The molecule has 1 heteroatoms. The van der Waals surface area contributed by atoms with Gasteiger partial charge in [0.05, 0.1) is 0 Å². The van der Waals surface area contributed by atoms with Crippen molar-refractivity contribution in [3.63, 3.8) is 0 Å². The molecule has 0 bridgehead atoms. The van der Waals surface area contributed by atoms with E-state index in [0.717, 1.165) is 5.92 Å². The van der Waals surface area contributed by atoms with Gasteiger partial charge in [0, 0.05) is 19.5 Å². The summed E-state index contributed by atoms with van der Waals surface area (Å²) < 4.78 is 0. The topological polar surface area (TPSA) is 0 Å². The van der Waals surface area contributed by atoms with Gasteiger partial charge < -0.3 is 5.92 Å². The van der Waals surface area contributed by atoms with E-state index in [-0.39, 0.29) is 19.5 Å². The molecule has 0 nitrogen and oxygen atoms in total. The number of hydrogen-bond acceptors (Lipinski definition) is 0. The summed E-state index contributed by atoms with van der Waals surface area (Å²) in [4.78, 5) is 0. The quantitative estimate of drug-likeness (QED) is 0.379. The van der Waals surface area contributed by atoms with Crippen LogP contribution in [0.25, 0.3) is 0 Å². The molecule has 1 saturated carbocycles. The molecule has 8 heavy (non-hydrogen) atoms. The average molecular weight is 163 g/mol. The third kappa shape index (κ3) is 1.86. The van der Waals surface area contributed by atoms with Crippen LogP contribution >= 0.6 is 0 Å². The molecule has 0 amide bonds. The van der Waals surface area contributed by atoms with Crippen molar-refractivity contribution >= 4 is 0 Å². The summed E-state index contributed by atoms with van der Waals surface area (Å²) in [6.07, 6.45) is 4.26. The van der Waals surface area contributed by atoms with Crippen molar-refractivity contribution in [2.45, 2.75) is 33.1 Å². The third-order valence-electron chi connectivity index (χ3n) is 2.05. The van der Waals surface area contributed by atoms with Crippen LogP contribution in [0.4, 0.5) is 0 Å². The molecule has 0 spiro atoms. The van der Waals surface area contributed by atoms with E-state index in [2.05, 4.69) is 13.8 Å².